The zero-order valence-corrected chi connectivity index (χ0v) is 15.4. The van der Waals surface area contributed by atoms with Gasteiger partial charge in [0.2, 0.25) is 0 Å². The second-order valence-electron chi connectivity index (χ2n) is 5.29. The van der Waals surface area contributed by atoms with Crippen LogP contribution in [0.2, 0.25) is 0 Å². The Labute approximate surface area is 140 Å². The third-order valence-corrected chi connectivity index (χ3v) is 3.44. The smallest absolute Gasteiger partial charge is 0.0414 e. The Hall–Kier alpha value is 0. The summed E-state index contributed by atoms with van der Waals surface area (Å²) in [6.07, 6.45) is 15.7. The molecule has 1 saturated carbocycles. The van der Waals surface area contributed by atoms with E-state index in [1.807, 2.05) is 13.8 Å². The van der Waals surface area contributed by atoms with Crippen molar-refractivity contribution in [3.8, 4) is 0 Å². The van der Waals surface area contributed by atoms with Gasteiger partial charge in [0.05, 0.1) is 0 Å². The number of rotatable bonds is 5. The van der Waals surface area contributed by atoms with Gasteiger partial charge in [-0.05, 0) is 5.92 Å². The fraction of sp³-hybridized carbons (Fsp3) is 1.00. The molecule has 0 heterocycles. The van der Waals surface area contributed by atoms with Crippen LogP contribution >= 0.6 is 0 Å². The molecule has 0 saturated heterocycles. The van der Waals surface area contributed by atoms with Gasteiger partial charge in [-0.1, -0.05) is 134 Å². The van der Waals surface area contributed by atoms with Crippen molar-refractivity contribution in [2.75, 3.05) is 0 Å². The van der Waals surface area contributed by atoms with Crippen LogP contribution in [0.3, 0.4) is 0 Å². The third kappa shape index (κ3) is 38.3. The van der Waals surface area contributed by atoms with Gasteiger partial charge in [0.15, 0.2) is 0 Å². The summed E-state index contributed by atoms with van der Waals surface area (Å²) >= 11 is 0. The maximum atomic E-state index is 2.29. The van der Waals surface area contributed by atoms with E-state index < -0.39 is 0 Å². The largest absolute Gasteiger partial charge is 0.0776 e. The minimum Gasteiger partial charge on any atom is -0.0776 e. The topological polar surface area (TPSA) is 0 Å². The van der Waals surface area contributed by atoms with Crippen molar-refractivity contribution in [1.29, 1.82) is 0 Å². The first-order valence-electron chi connectivity index (χ1n) is 9.26. The lowest BCUT2D eigenvalue weighted by atomic mass is 10.0. The lowest BCUT2D eigenvalue weighted by molar-refractivity contribution is 0.480. The molecule has 0 spiro atoms. The Morgan fingerprint density at radius 1 is 0.619 bits per heavy atom. The maximum absolute atomic E-state index is 2.29. The molecule has 0 amide bonds. The summed E-state index contributed by atoms with van der Waals surface area (Å²) in [7, 11) is 0. The molecule has 1 aliphatic rings. The average Bonchev–Trinajstić information content (AvgIpc) is 3.01. The first-order chi connectivity index (χ1) is 9.26. The van der Waals surface area contributed by atoms with Crippen molar-refractivity contribution in [2.45, 2.75) is 134 Å². The van der Waals surface area contributed by atoms with Crippen LogP contribution < -0.4 is 0 Å². The minimum absolute atomic E-state index is 0. The van der Waals surface area contributed by atoms with Gasteiger partial charge in [-0.3, -0.25) is 0 Å². The highest BCUT2D eigenvalue weighted by atomic mass is 14.2. The van der Waals surface area contributed by atoms with E-state index in [0.717, 1.165) is 5.92 Å². The van der Waals surface area contributed by atoms with Gasteiger partial charge in [0.25, 0.3) is 0 Å². The van der Waals surface area contributed by atoms with E-state index >= 15 is 0 Å². The Morgan fingerprint density at radius 2 is 0.952 bits per heavy atom. The minimum atomic E-state index is 0. The highest BCUT2D eigenvalue weighted by Crippen LogP contribution is 2.28. The predicted molar refractivity (Wildman–Crippen MR) is 107 cm³/mol. The molecule has 21 heavy (non-hydrogen) atoms. The molecule has 1 aliphatic carbocycles. The summed E-state index contributed by atoms with van der Waals surface area (Å²) in [6.45, 7) is 15.0. The average molecular weight is 305 g/mol. The molecule has 0 heteroatoms. The first kappa shape index (κ1) is 32.8. The normalized spacial score (nSPS) is 12.1. The maximum Gasteiger partial charge on any atom is -0.0414 e. The lowest BCUT2D eigenvalue weighted by Crippen LogP contribution is -1.91. The summed E-state index contributed by atoms with van der Waals surface area (Å²) in [5.41, 5.74) is 0. The molecule has 0 unspecified atom stereocenters. The van der Waals surface area contributed by atoms with Crippen molar-refractivity contribution in [3.63, 3.8) is 0 Å². The summed E-state index contributed by atoms with van der Waals surface area (Å²) in [5, 5.41) is 0. The summed E-state index contributed by atoms with van der Waals surface area (Å²) in [5.74, 6) is 1.12. The molecule has 0 nitrogen and oxygen atoms in total. The van der Waals surface area contributed by atoms with Crippen molar-refractivity contribution >= 4 is 0 Å². The molecule has 1 fully saturated rings. The number of unbranched alkanes of at least 4 members (excludes halogenated alkanes) is 3. The van der Waals surface area contributed by atoms with Crippen molar-refractivity contribution < 1.29 is 0 Å². The van der Waals surface area contributed by atoms with E-state index in [9.17, 15) is 0 Å². The molecule has 0 aromatic carbocycles. The molecule has 0 aliphatic heterocycles. The van der Waals surface area contributed by atoms with E-state index in [1.165, 1.54) is 70.6 Å². The van der Waals surface area contributed by atoms with Crippen LogP contribution in [0.4, 0.5) is 0 Å². The summed E-state index contributed by atoms with van der Waals surface area (Å²) in [4.78, 5) is 0. The van der Waals surface area contributed by atoms with Gasteiger partial charge in [-0.2, -0.15) is 0 Å². The van der Waals surface area contributed by atoms with Crippen molar-refractivity contribution in [2.24, 2.45) is 5.92 Å². The van der Waals surface area contributed by atoms with E-state index in [-0.39, 0.29) is 14.9 Å². The zero-order valence-electron chi connectivity index (χ0n) is 15.4. The lowest BCUT2D eigenvalue weighted by Gasteiger charge is -2.05. The second-order valence-corrected chi connectivity index (χ2v) is 5.29. The van der Waals surface area contributed by atoms with E-state index in [0.29, 0.717) is 0 Å². The molecular formula is C21H52. The Morgan fingerprint density at radius 3 is 1.19 bits per heavy atom. The van der Waals surface area contributed by atoms with Crippen LogP contribution in [0.25, 0.3) is 0 Å². The Kier molecular flexibility index (Phi) is 57.6. The van der Waals surface area contributed by atoms with Gasteiger partial charge in [0, 0.05) is 0 Å². The second kappa shape index (κ2) is 36.8. The van der Waals surface area contributed by atoms with Gasteiger partial charge >= 0.3 is 0 Å². The Balaban J connectivity index is -0.0000000616. The van der Waals surface area contributed by atoms with Crippen LogP contribution in [-0.2, 0) is 0 Å². The molecule has 0 radical (unpaired) electrons. The molecule has 136 valence electrons. The summed E-state index contributed by atoms with van der Waals surface area (Å²) < 4.78 is 0. The third-order valence-electron chi connectivity index (χ3n) is 3.44. The monoisotopic (exact) mass is 304 g/mol. The van der Waals surface area contributed by atoms with E-state index in [2.05, 4.69) is 34.6 Å². The van der Waals surface area contributed by atoms with Crippen LogP contribution in [0.15, 0.2) is 0 Å². The highest BCUT2D eigenvalue weighted by molar-refractivity contribution is 4.66. The van der Waals surface area contributed by atoms with Crippen LogP contribution in [0.1, 0.15) is 134 Å². The molecule has 0 aromatic heterocycles. The van der Waals surface area contributed by atoms with Crippen LogP contribution in [-0.4, -0.2) is 0 Å². The van der Waals surface area contributed by atoms with E-state index in [1.54, 1.807) is 0 Å². The molecule has 0 N–H and O–H groups in total. The standard InChI is InChI=1S/C9H18.2C4H10.C2H6.2CH4/c1-2-3-6-9-7-4-5-8-9;2*1-3-4-2;1-2;;/h9H,2-8H2,1H3;2*3-4H2,1-2H3;1-2H3;2*1H4. The van der Waals surface area contributed by atoms with Gasteiger partial charge in [0.1, 0.15) is 0 Å². The Bertz CT molecular complexity index is 92.6. The van der Waals surface area contributed by atoms with Crippen LogP contribution in [0.5, 0.6) is 0 Å². The SMILES string of the molecule is C.C.CC.CCCC.CCCC.CCCCC1CCCC1. The van der Waals surface area contributed by atoms with Crippen molar-refractivity contribution in [3.05, 3.63) is 0 Å². The molecule has 0 bridgehead atoms. The van der Waals surface area contributed by atoms with Gasteiger partial charge < -0.3 is 0 Å². The van der Waals surface area contributed by atoms with E-state index in [4.69, 9.17) is 0 Å². The molecule has 1 rings (SSSR count). The van der Waals surface area contributed by atoms with Gasteiger partial charge in [-0.25, -0.2) is 0 Å². The summed E-state index contributed by atoms with van der Waals surface area (Å²) in [6, 6.07) is 0. The molecule has 0 atom stereocenters. The predicted octanol–water partition coefficient (Wildman–Crippen LogP) is 9.28. The fourth-order valence-corrected chi connectivity index (χ4v) is 1.79. The highest BCUT2D eigenvalue weighted by Gasteiger charge is 2.13. The van der Waals surface area contributed by atoms with Gasteiger partial charge in [-0.15, -0.1) is 0 Å². The number of hydrogen-bond acceptors (Lipinski definition) is 0. The van der Waals surface area contributed by atoms with Crippen LogP contribution in [0, 0.1) is 5.92 Å². The zero-order chi connectivity index (χ0) is 15.4. The number of hydrogen-bond donors (Lipinski definition) is 0. The quantitative estimate of drug-likeness (QED) is 0.474. The molecular weight excluding hydrogens is 252 g/mol. The van der Waals surface area contributed by atoms with Crippen molar-refractivity contribution in [1.82, 2.24) is 0 Å². The fourth-order valence-electron chi connectivity index (χ4n) is 1.79. The first-order valence-corrected chi connectivity index (χ1v) is 9.26. The molecule has 0 aromatic rings.